The summed E-state index contributed by atoms with van der Waals surface area (Å²) in [5, 5.41) is 0. The molecular weight excluding hydrogens is 296 g/mol. The predicted molar refractivity (Wildman–Crippen MR) is 95.0 cm³/mol. The second-order valence-corrected chi connectivity index (χ2v) is 8.76. The minimum Gasteiger partial charge on any atom is -0.297 e. The van der Waals surface area contributed by atoms with E-state index in [1.807, 2.05) is 0 Å². The average molecular weight is 329 g/mol. The van der Waals surface area contributed by atoms with Gasteiger partial charge in [-0.3, -0.25) is 14.6 Å². The molecule has 4 bridgehead atoms. The molecule has 4 heterocycles. The summed E-state index contributed by atoms with van der Waals surface area (Å²) in [7, 11) is 0. The van der Waals surface area contributed by atoms with Crippen LogP contribution in [0.25, 0.3) is 0 Å². The number of carbonyl (C=O) groups is 1. The fourth-order valence-corrected chi connectivity index (χ4v) is 6.34. The van der Waals surface area contributed by atoms with Crippen molar-refractivity contribution in [1.82, 2.24) is 0 Å². The molecule has 0 radical (unpaired) electrons. The van der Waals surface area contributed by atoms with Gasteiger partial charge in [0.05, 0.1) is 5.56 Å². The summed E-state index contributed by atoms with van der Waals surface area (Å²) in [4.78, 5) is 16.8. The number of aryl methyl sites for hydroxylation is 1. The van der Waals surface area contributed by atoms with Gasteiger partial charge in [-0.1, -0.05) is 44.4 Å². The lowest BCUT2D eigenvalue weighted by Gasteiger charge is -2.60. The largest absolute Gasteiger partial charge is 0.297 e. The molecule has 0 aliphatic carbocycles. The molecule has 4 saturated heterocycles. The Kier molecular flexibility index (Phi) is 3.85. The Bertz CT molecular complexity index is 592. The highest BCUT2D eigenvalue weighted by atomic mass is 16.1. The van der Waals surface area contributed by atoms with Gasteiger partial charge in [-0.05, 0) is 31.9 Å². The summed E-state index contributed by atoms with van der Waals surface area (Å²) in [5.74, 6) is 0.633. The van der Waals surface area contributed by atoms with Crippen LogP contribution in [-0.2, 0) is 4.79 Å². The van der Waals surface area contributed by atoms with Crippen molar-refractivity contribution in [2.24, 2.45) is 10.8 Å². The molecule has 0 atom stereocenters. The van der Waals surface area contributed by atoms with Crippen LogP contribution < -0.4 is 9.80 Å². The number of Topliss-reactive ketones (excluding diaryl/α,β-unsaturated/α-hetero) is 1. The molecule has 0 aromatic heterocycles. The second-order valence-electron chi connectivity index (χ2n) is 8.76. The van der Waals surface area contributed by atoms with Gasteiger partial charge < -0.3 is 0 Å². The molecule has 0 amide bonds. The maximum atomic E-state index is 13.5. The number of ketones is 1. The van der Waals surface area contributed by atoms with E-state index in [2.05, 4.69) is 45.0 Å². The molecule has 1 aromatic carbocycles. The number of benzene rings is 1. The Hall–Kier alpha value is -1.19. The van der Waals surface area contributed by atoms with Crippen molar-refractivity contribution in [3.05, 3.63) is 35.4 Å². The minimum absolute atomic E-state index is 0.0354. The van der Waals surface area contributed by atoms with Crippen molar-refractivity contribution < 1.29 is 14.6 Å². The maximum Gasteiger partial charge on any atom is 0.240 e. The fourth-order valence-electron chi connectivity index (χ4n) is 6.34. The summed E-state index contributed by atoms with van der Waals surface area (Å²) >= 11 is 0. The summed E-state index contributed by atoms with van der Waals surface area (Å²) in [6.07, 6.45) is 4.97. The molecule has 130 valence electrons. The van der Waals surface area contributed by atoms with Gasteiger partial charge >= 0.3 is 0 Å². The van der Waals surface area contributed by atoms with Gasteiger partial charge in [0, 0.05) is 0 Å². The molecule has 0 unspecified atom stereocenters. The van der Waals surface area contributed by atoms with Crippen LogP contribution in [0.15, 0.2) is 24.3 Å². The van der Waals surface area contributed by atoms with E-state index in [1.165, 1.54) is 11.1 Å². The molecule has 2 N–H and O–H groups in total. The average Bonchev–Trinajstić information content (AvgIpc) is 2.54. The van der Waals surface area contributed by atoms with E-state index in [1.54, 1.807) is 9.80 Å². The Labute approximate surface area is 146 Å². The Morgan fingerprint density at radius 1 is 0.917 bits per heavy atom. The third kappa shape index (κ3) is 2.21. The third-order valence-corrected chi connectivity index (χ3v) is 6.91. The number of rotatable bonds is 5. The first-order valence-electron chi connectivity index (χ1n) is 9.84. The van der Waals surface area contributed by atoms with E-state index < -0.39 is 0 Å². The predicted octanol–water partition coefficient (Wildman–Crippen LogP) is 0.946. The number of hydrogen-bond donors (Lipinski definition) is 2. The van der Waals surface area contributed by atoms with Crippen LogP contribution in [0.3, 0.4) is 0 Å². The van der Waals surface area contributed by atoms with Gasteiger partial charge in [-0.2, -0.15) is 0 Å². The lowest BCUT2D eigenvalue weighted by atomic mass is 9.57. The highest BCUT2D eigenvalue weighted by Crippen LogP contribution is 2.42. The number of hydrogen-bond acceptors (Lipinski definition) is 1. The molecule has 4 aliphatic rings. The molecular formula is C21H32N2O+2. The zero-order chi connectivity index (χ0) is 16.9. The van der Waals surface area contributed by atoms with Crippen LogP contribution in [-0.4, -0.2) is 32.0 Å². The van der Waals surface area contributed by atoms with Gasteiger partial charge in [-0.25, -0.2) is 0 Å². The van der Waals surface area contributed by atoms with E-state index in [4.69, 9.17) is 0 Å². The SMILES string of the molecule is CCCC12C[NH+]3CC(CCC)(C[NH+](C1)C3c1ccc(C)cc1)C2=O. The van der Waals surface area contributed by atoms with Crippen molar-refractivity contribution in [1.29, 1.82) is 0 Å². The Balaban J connectivity index is 1.72. The van der Waals surface area contributed by atoms with Crippen molar-refractivity contribution in [3.63, 3.8) is 0 Å². The van der Waals surface area contributed by atoms with Crippen molar-refractivity contribution in [2.45, 2.75) is 52.6 Å². The zero-order valence-electron chi connectivity index (χ0n) is 15.5. The summed E-state index contributed by atoms with van der Waals surface area (Å²) in [5.41, 5.74) is 2.73. The van der Waals surface area contributed by atoms with Gasteiger partial charge in [0.25, 0.3) is 0 Å². The van der Waals surface area contributed by atoms with Crippen molar-refractivity contribution in [2.75, 3.05) is 26.2 Å². The summed E-state index contributed by atoms with van der Waals surface area (Å²) in [6, 6.07) is 9.14. The molecule has 24 heavy (non-hydrogen) atoms. The first-order valence-corrected chi connectivity index (χ1v) is 9.84. The molecule has 1 aromatic rings. The molecule has 4 fully saturated rings. The second kappa shape index (κ2) is 5.67. The van der Waals surface area contributed by atoms with Gasteiger partial charge in [-0.15, -0.1) is 0 Å². The normalized spacial score (nSPS) is 40.3. The first kappa shape index (κ1) is 16.3. The van der Waals surface area contributed by atoms with Crippen molar-refractivity contribution in [3.8, 4) is 0 Å². The topological polar surface area (TPSA) is 26.0 Å². The Morgan fingerprint density at radius 2 is 1.38 bits per heavy atom. The quantitative estimate of drug-likeness (QED) is 0.827. The summed E-state index contributed by atoms with van der Waals surface area (Å²) < 4.78 is 0. The molecule has 3 heteroatoms. The maximum absolute atomic E-state index is 13.5. The molecule has 5 rings (SSSR count). The van der Waals surface area contributed by atoms with E-state index in [-0.39, 0.29) is 10.8 Å². The van der Waals surface area contributed by atoms with Crippen LogP contribution >= 0.6 is 0 Å². The van der Waals surface area contributed by atoms with E-state index >= 15 is 0 Å². The van der Waals surface area contributed by atoms with Crippen LogP contribution in [0, 0.1) is 17.8 Å². The summed E-state index contributed by atoms with van der Waals surface area (Å²) in [6.45, 7) is 10.9. The van der Waals surface area contributed by atoms with Crippen LogP contribution in [0.1, 0.15) is 56.8 Å². The number of carbonyl (C=O) groups excluding carboxylic acids is 1. The monoisotopic (exact) mass is 328 g/mol. The Morgan fingerprint density at radius 3 is 1.79 bits per heavy atom. The fraction of sp³-hybridized carbons (Fsp3) is 0.667. The minimum atomic E-state index is -0.0354. The highest BCUT2D eigenvalue weighted by molar-refractivity contribution is 5.92. The van der Waals surface area contributed by atoms with E-state index in [0.29, 0.717) is 11.9 Å². The number of quaternary nitrogens is 2. The standard InChI is InChI=1S/C21H30N2O/c1-4-10-20-12-22-14-21(11-5-2,19(20)24)15-23(13-20)18(22)17-8-6-16(3)7-9-17/h6-9,18H,4-5,10-15H2,1-3H3/p+2. The molecule has 0 saturated carbocycles. The zero-order valence-corrected chi connectivity index (χ0v) is 15.5. The molecule has 0 spiro atoms. The smallest absolute Gasteiger partial charge is 0.240 e. The lowest BCUT2D eigenvalue weighted by molar-refractivity contribution is -1.18. The molecule has 3 nitrogen and oxygen atoms in total. The van der Waals surface area contributed by atoms with Gasteiger partial charge in [0.15, 0.2) is 5.78 Å². The van der Waals surface area contributed by atoms with Crippen LogP contribution in [0.2, 0.25) is 0 Å². The van der Waals surface area contributed by atoms with Crippen molar-refractivity contribution >= 4 is 5.78 Å². The molecule has 4 aliphatic heterocycles. The van der Waals surface area contributed by atoms with E-state index in [0.717, 1.165) is 51.9 Å². The first-order chi connectivity index (χ1) is 11.5. The lowest BCUT2D eigenvalue weighted by Crippen LogP contribution is -3.41. The number of nitrogens with one attached hydrogen (secondary N) is 2. The third-order valence-electron chi connectivity index (χ3n) is 6.91. The number of piperidine rings is 2. The van der Waals surface area contributed by atoms with Gasteiger partial charge in [0.2, 0.25) is 6.17 Å². The van der Waals surface area contributed by atoms with E-state index in [9.17, 15) is 4.79 Å². The van der Waals surface area contributed by atoms with Crippen LogP contribution in [0.4, 0.5) is 0 Å². The van der Waals surface area contributed by atoms with Crippen LogP contribution in [0.5, 0.6) is 0 Å². The highest BCUT2D eigenvalue weighted by Gasteiger charge is 2.70. The van der Waals surface area contributed by atoms with Gasteiger partial charge in [0.1, 0.15) is 37.0 Å².